The van der Waals surface area contributed by atoms with Crippen LogP contribution in [0.3, 0.4) is 0 Å². The van der Waals surface area contributed by atoms with Gasteiger partial charge in [0.1, 0.15) is 0 Å². The van der Waals surface area contributed by atoms with Gasteiger partial charge in [-0.3, -0.25) is 9.69 Å². The summed E-state index contributed by atoms with van der Waals surface area (Å²) in [6.45, 7) is 6.25. The number of hydrogen-bond acceptors (Lipinski definition) is 5. The molecule has 152 valence electrons. The van der Waals surface area contributed by atoms with Crippen LogP contribution in [0, 0.1) is 0 Å². The Balaban J connectivity index is 0.000000465. The van der Waals surface area contributed by atoms with Gasteiger partial charge in [0, 0.05) is 19.0 Å². The third-order valence-corrected chi connectivity index (χ3v) is 4.42. The number of benzene rings is 1. The monoisotopic (exact) mass is 402 g/mol. The van der Waals surface area contributed by atoms with Crippen LogP contribution in [-0.4, -0.2) is 64.4 Å². The number of carbonyl (C=O) groups is 1. The van der Waals surface area contributed by atoms with E-state index in [1.165, 1.54) is 6.42 Å². The van der Waals surface area contributed by atoms with Crippen molar-refractivity contribution < 1.29 is 33.5 Å². The molecular formula is C17H27N2O7P. The molecule has 1 fully saturated rings. The molecule has 3 rings (SSSR count). The van der Waals surface area contributed by atoms with Crippen molar-refractivity contribution in [3.8, 4) is 11.5 Å². The summed E-state index contributed by atoms with van der Waals surface area (Å²) >= 11 is 0. The lowest BCUT2D eigenvalue weighted by Crippen LogP contribution is -2.40. The molecule has 2 aliphatic rings. The third kappa shape index (κ3) is 7.12. The molecule has 10 heteroatoms. The molecule has 0 spiro atoms. The number of amides is 1. The van der Waals surface area contributed by atoms with Crippen LogP contribution in [0.1, 0.15) is 36.5 Å². The molecule has 1 saturated heterocycles. The van der Waals surface area contributed by atoms with E-state index in [2.05, 4.69) is 17.1 Å². The van der Waals surface area contributed by atoms with E-state index >= 15 is 0 Å². The molecule has 1 amide bonds. The smallest absolute Gasteiger partial charge is 0.466 e. The maximum atomic E-state index is 12.5. The van der Waals surface area contributed by atoms with E-state index in [1.54, 1.807) is 6.07 Å². The molecule has 2 aliphatic heterocycles. The second-order valence-corrected chi connectivity index (χ2v) is 7.36. The van der Waals surface area contributed by atoms with Crippen LogP contribution in [-0.2, 0) is 4.57 Å². The number of hydrogen-bond donors (Lipinski definition) is 4. The molecule has 0 aliphatic carbocycles. The summed E-state index contributed by atoms with van der Waals surface area (Å²) in [4.78, 5) is 36.5. The highest BCUT2D eigenvalue weighted by Gasteiger charge is 2.25. The molecule has 0 radical (unpaired) electrons. The number of rotatable bonds is 4. The van der Waals surface area contributed by atoms with Gasteiger partial charge in [-0.2, -0.15) is 0 Å². The first-order chi connectivity index (χ1) is 12.8. The first-order valence-corrected chi connectivity index (χ1v) is 10.5. The molecule has 1 aromatic carbocycles. The molecule has 4 N–H and O–H groups in total. The zero-order chi connectivity index (χ0) is 19.9. The number of para-hydroxylation sites is 1. The molecule has 1 unspecified atom stereocenters. The summed E-state index contributed by atoms with van der Waals surface area (Å²) < 4.78 is 20.2. The van der Waals surface area contributed by atoms with Crippen molar-refractivity contribution in [2.75, 3.05) is 32.8 Å². The minimum absolute atomic E-state index is 0.0784. The number of ether oxygens (including phenoxy) is 2. The SMILES string of the molecule is CCN1CCCC1CNC(=O)c1cccc2c1OCCCO2.O=P(O)(O)O. The van der Waals surface area contributed by atoms with Crippen LogP contribution >= 0.6 is 7.82 Å². The third-order valence-electron chi connectivity index (χ3n) is 4.42. The Kier molecular flexibility index (Phi) is 8.07. The van der Waals surface area contributed by atoms with Crippen molar-refractivity contribution in [3.63, 3.8) is 0 Å². The van der Waals surface area contributed by atoms with Crippen molar-refractivity contribution in [2.24, 2.45) is 0 Å². The average Bonchev–Trinajstić information content (AvgIpc) is 2.92. The molecular weight excluding hydrogens is 375 g/mol. The lowest BCUT2D eigenvalue weighted by atomic mass is 10.1. The molecule has 0 saturated carbocycles. The van der Waals surface area contributed by atoms with E-state index < -0.39 is 7.82 Å². The van der Waals surface area contributed by atoms with Gasteiger partial charge in [-0.1, -0.05) is 13.0 Å². The number of nitrogens with zero attached hydrogens (tertiary/aromatic N) is 1. The molecule has 2 heterocycles. The number of phosphoric acid groups is 1. The maximum Gasteiger partial charge on any atom is 0.466 e. The lowest BCUT2D eigenvalue weighted by Gasteiger charge is -2.23. The standard InChI is InChI=1S/C17H24N2O3.H3O4P/c1-2-19-9-4-6-13(19)12-18-17(20)14-7-3-8-15-16(14)22-11-5-10-21-15;1-5(2,3)4/h3,7-8,13H,2,4-6,9-12H2,1H3,(H,18,20);(H3,1,2,3,4). The van der Waals surface area contributed by atoms with Gasteiger partial charge in [0.15, 0.2) is 11.5 Å². The highest BCUT2D eigenvalue weighted by Crippen LogP contribution is 2.33. The van der Waals surface area contributed by atoms with Crippen molar-refractivity contribution in [1.82, 2.24) is 10.2 Å². The number of fused-ring (bicyclic) bond motifs is 1. The molecule has 0 aromatic heterocycles. The summed E-state index contributed by atoms with van der Waals surface area (Å²) in [6.07, 6.45) is 3.20. The molecule has 1 aromatic rings. The summed E-state index contributed by atoms with van der Waals surface area (Å²) in [6, 6.07) is 5.95. The lowest BCUT2D eigenvalue weighted by molar-refractivity contribution is 0.0937. The van der Waals surface area contributed by atoms with E-state index in [0.717, 1.165) is 25.9 Å². The van der Waals surface area contributed by atoms with E-state index in [4.69, 9.17) is 28.7 Å². The Bertz CT molecular complexity index is 671. The molecule has 9 nitrogen and oxygen atoms in total. The van der Waals surface area contributed by atoms with Gasteiger partial charge in [-0.05, 0) is 38.1 Å². The minimum Gasteiger partial charge on any atom is -0.490 e. The van der Waals surface area contributed by atoms with E-state index in [-0.39, 0.29) is 5.91 Å². The van der Waals surface area contributed by atoms with Gasteiger partial charge in [-0.25, -0.2) is 4.57 Å². The fraction of sp³-hybridized carbons (Fsp3) is 0.588. The Morgan fingerprint density at radius 1 is 1.26 bits per heavy atom. The Labute approximate surface area is 158 Å². The number of likely N-dealkylation sites (tertiary alicyclic amines) is 1. The largest absolute Gasteiger partial charge is 0.490 e. The molecule has 27 heavy (non-hydrogen) atoms. The first kappa shape index (κ1) is 21.7. The molecule has 1 atom stereocenters. The highest BCUT2D eigenvalue weighted by molar-refractivity contribution is 7.45. The van der Waals surface area contributed by atoms with Crippen molar-refractivity contribution in [3.05, 3.63) is 23.8 Å². The van der Waals surface area contributed by atoms with Gasteiger partial charge < -0.3 is 29.5 Å². The number of likely N-dealkylation sites (N-methyl/N-ethyl adjacent to an activating group) is 1. The zero-order valence-corrected chi connectivity index (χ0v) is 16.2. The van der Waals surface area contributed by atoms with Crippen LogP contribution in [0.2, 0.25) is 0 Å². The summed E-state index contributed by atoms with van der Waals surface area (Å²) in [5, 5.41) is 3.06. The maximum absolute atomic E-state index is 12.5. The van der Waals surface area contributed by atoms with Gasteiger partial charge in [0.05, 0.1) is 18.8 Å². The van der Waals surface area contributed by atoms with Gasteiger partial charge in [0.2, 0.25) is 0 Å². The predicted octanol–water partition coefficient (Wildman–Crippen LogP) is 1.13. The topological polar surface area (TPSA) is 129 Å². The van der Waals surface area contributed by atoms with Crippen LogP contribution in [0.15, 0.2) is 18.2 Å². The summed E-state index contributed by atoms with van der Waals surface area (Å²) in [5.41, 5.74) is 0.570. The number of carbonyl (C=O) groups excluding carboxylic acids is 1. The van der Waals surface area contributed by atoms with E-state index in [0.29, 0.717) is 42.9 Å². The second-order valence-electron chi connectivity index (χ2n) is 6.33. The highest BCUT2D eigenvalue weighted by atomic mass is 31.2. The summed E-state index contributed by atoms with van der Waals surface area (Å²) in [5.74, 6) is 1.17. The normalized spacial score (nSPS) is 19.6. The fourth-order valence-corrected chi connectivity index (χ4v) is 3.22. The Morgan fingerprint density at radius 2 is 1.96 bits per heavy atom. The first-order valence-electron chi connectivity index (χ1n) is 8.98. The quantitative estimate of drug-likeness (QED) is 0.552. The average molecular weight is 402 g/mol. The fourth-order valence-electron chi connectivity index (χ4n) is 3.22. The van der Waals surface area contributed by atoms with Crippen molar-refractivity contribution in [1.29, 1.82) is 0 Å². The van der Waals surface area contributed by atoms with Gasteiger partial charge in [-0.15, -0.1) is 0 Å². The molecule has 0 bridgehead atoms. The number of nitrogens with one attached hydrogen (secondary N) is 1. The van der Waals surface area contributed by atoms with Gasteiger partial charge in [0.25, 0.3) is 5.91 Å². The van der Waals surface area contributed by atoms with Crippen molar-refractivity contribution >= 4 is 13.7 Å². The second kappa shape index (κ2) is 10.1. The van der Waals surface area contributed by atoms with Crippen molar-refractivity contribution in [2.45, 2.75) is 32.2 Å². The van der Waals surface area contributed by atoms with Crippen LogP contribution < -0.4 is 14.8 Å². The Hall–Kier alpha value is -1.64. The van der Waals surface area contributed by atoms with E-state index in [1.807, 2.05) is 12.1 Å². The van der Waals surface area contributed by atoms with Crippen LogP contribution in [0.25, 0.3) is 0 Å². The summed E-state index contributed by atoms with van der Waals surface area (Å²) in [7, 11) is -4.64. The Morgan fingerprint density at radius 3 is 2.67 bits per heavy atom. The minimum atomic E-state index is -4.64. The van der Waals surface area contributed by atoms with Crippen LogP contribution in [0.4, 0.5) is 0 Å². The van der Waals surface area contributed by atoms with E-state index in [9.17, 15) is 4.79 Å². The van der Waals surface area contributed by atoms with Gasteiger partial charge >= 0.3 is 7.82 Å². The zero-order valence-electron chi connectivity index (χ0n) is 15.3. The van der Waals surface area contributed by atoms with Crippen LogP contribution in [0.5, 0.6) is 11.5 Å². The predicted molar refractivity (Wildman–Crippen MR) is 98.9 cm³/mol.